The van der Waals surface area contributed by atoms with E-state index in [0.29, 0.717) is 10.2 Å². The summed E-state index contributed by atoms with van der Waals surface area (Å²) in [6.45, 7) is 0. The van der Waals surface area contributed by atoms with Gasteiger partial charge in [-0.05, 0) is 0 Å². The SMILES string of the molecule is ClCCSC(Cl)=C(Cl)Cl. The van der Waals surface area contributed by atoms with Crippen molar-refractivity contribution in [2.75, 3.05) is 11.6 Å². The molecule has 0 saturated carbocycles. The first-order valence-corrected chi connectivity index (χ1v) is 4.73. The molecule has 0 amide bonds. The quantitative estimate of drug-likeness (QED) is 0.659. The van der Waals surface area contributed by atoms with Gasteiger partial charge in [0.15, 0.2) is 0 Å². The zero-order chi connectivity index (χ0) is 7.28. The summed E-state index contributed by atoms with van der Waals surface area (Å²) >= 11 is 22.8. The van der Waals surface area contributed by atoms with Crippen LogP contribution in [-0.4, -0.2) is 11.6 Å². The summed E-state index contributed by atoms with van der Waals surface area (Å²) in [6.07, 6.45) is 0. The molecule has 0 aliphatic carbocycles. The molecule has 0 nitrogen and oxygen atoms in total. The minimum atomic E-state index is 0.104. The maximum atomic E-state index is 5.51. The third kappa shape index (κ3) is 5.68. The number of halogens is 4. The van der Waals surface area contributed by atoms with Gasteiger partial charge in [-0.3, -0.25) is 0 Å². The van der Waals surface area contributed by atoms with Gasteiger partial charge in [0.05, 0.1) is 0 Å². The van der Waals surface area contributed by atoms with Crippen LogP contribution >= 0.6 is 58.2 Å². The van der Waals surface area contributed by atoms with Gasteiger partial charge in [-0.1, -0.05) is 34.8 Å². The van der Waals surface area contributed by atoms with E-state index >= 15 is 0 Å². The minimum absolute atomic E-state index is 0.104. The topological polar surface area (TPSA) is 0 Å². The Bertz CT molecular complexity index is 107. The summed E-state index contributed by atoms with van der Waals surface area (Å²) in [5, 5.41) is 0. The van der Waals surface area contributed by atoms with Gasteiger partial charge in [-0.2, -0.15) is 0 Å². The van der Waals surface area contributed by atoms with Crippen LogP contribution in [0.2, 0.25) is 0 Å². The smallest absolute Gasteiger partial charge is 0.126 e. The molecule has 0 aliphatic heterocycles. The van der Waals surface area contributed by atoms with Crippen LogP contribution in [-0.2, 0) is 0 Å². The standard InChI is InChI=1S/C4H4Cl4S/c5-1-2-9-4(8)3(6)7/h1-2H2. The summed E-state index contributed by atoms with van der Waals surface area (Å²) in [7, 11) is 0. The molecule has 0 rings (SSSR count). The van der Waals surface area contributed by atoms with E-state index in [4.69, 9.17) is 46.4 Å². The molecule has 0 spiro atoms. The molecule has 0 aromatic heterocycles. The lowest BCUT2D eigenvalue weighted by Crippen LogP contribution is -1.76. The second-order valence-electron chi connectivity index (χ2n) is 1.07. The van der Waals surface area contributed by atoms with Gasteiger partial charge in [-0.25, -0.2) is 0 Å². The van der Waals surface area contributed by atoms with Crippen molar-refractivity contribution in [1.82, 2.24) is 0 Å². The van der Waals surface area contributed by atoms with Crippen molar-refractivity contribution in [3.63, 3.8) is 0 Å². The second kappa shape index (κ2) is 5.99. The summed E-state index contributed by atoms with van der Waals surface area (Å²) in [6, 6.07) is 0. The molecule has 0 fully saturated rings. The Morgan fingerprint density at radius 1 is 1.22 bits per heavy atom. The van der Waals surface area contributed by atoms with E-state index in [-0.39, 0.29) is 4.49 Å². The lowest BCUT2D eigenvalue weighted by molar-refractivity contribution is 1.54. The van der Waals surface area contributed by atoms with Crippen molar-refractivity contribution >= 4 is 58.2 Å². The van der Waals surface area contributed by atoms with Crippen LogP contribution in [0, 0.1) is 0 Å². The van der Waals surface area contributed by atoms with E-state index in [1.807, 2.05) is 0 Å². The Morgan fingerprint density at radius 2 is 1.78 bits per heavy atom. The molecule has 9 heavy (non-hydrogen) atoms. The van der Waals surface area contributed by atoms with Crippen molar-refractivity contribution in [3.8, 4) is 0 Å². The first-order valence-electron chi connectivity index (χ1n) is 2.08. The van der Waals surface area contributed by atoms with Crippen molar-refractivity contribution in [2.24, 2.45) is 0 Å². The predicted octanol–water partition coefficient (Wildman–Crippen LogP) is 3.80. The molecule has 0 aromatic carbocycles. The minimum Gasteiger partial charge on any atom is -0.126 e. The highest BCUT2D eigenvalue weighted by atomic mass is 35.5. The van der Waals surface area contributed by atoms with Crippen LogP contribution in [0.15, 0.2) is 8.86 Å². The van der Waals surface area contributed by atoms with Crippen molar-refractivity contribution in [3.05, 3.63) is 8.86 Å². The number of hydrogen-bond donors (Lipinski definition) is 0. The van der Waals surface area contributed by atoms with Gasteiger partial charge in [0.2, 0.25) is 0 Å². The average Bonchev–Trinajstić information content (AvgIpc) is 1.82. The van der Waals surface area contributed by atoms with Crippen molar-refractivity contribution in [1.29, 1.82) is 0 Å². The molecule has 0 saturated heterocycles. The lowest BCUT2D eigenvalue weighted by atomic mass is 11.0. The summed E-state index contributed by atoms with van der Waals surface area (Å²) in [4.78, 5) is 0. The Kier molecular flexibility index (Phi) is 6.82. The fourth-order valence-electron chi connectivity index (χ4n) is 0.183. The van der Waals surface area contributed by atoms with E-state index in [1.165, 1.54) is 11.8 Å². The first-order chi connectivity index (χ1) is 4.18. The highest BCUT2D eigenvalue weighted by Crippen LogP contribution is 2.28. The molecule has 54 valence electrons. The lowest BCUT2D eigenvalue weighted by Gasteiger charge is -1.93. The molecule has 0 bridgehead atoms. The van der Waals surface area contributed by atoms with Crippen LogP contribution in [0.1, 0.15) is 0 Å². The van der Waals surface area contributed by atoms with Gasteiger partial charge in [0.1, 0.15) is 8.86 Å². The largest absolute Gasteiger partial charge is 0.131 e. The Hall–Kier alpha value is 1.25. The molecule has 0 atom stereocenters. The molecule has 0 radical (unpaired) electrons. The zero-order valence-corrected chi connectivity index (χ0v) is 8.17. The van der Waals surface area contributed by atoms with E-state index in [9.17, 15) is 0 Å². The molecule has 0 heterocycles. The van der Waals surface area contributed by atoms with Gasteiger partial charge in [0, 0.05) is 11.6 Å². The Labute approximate surface area is 78.5 Å². The maximum absolute atomic E-state index is 5.51. The Morgan fingerprint density at radius 3 is 2.11 bits per heavy atom. The number of alkyl halides is 1. The van der Waals surface area contributed by atoms with E-state index in [0.717, 1.165) is 5.75 Å². The van der Waals surface area contributed by atoms with Gasteiger partial charge in [-0.15, -0.1) is 23.4 Å². The number of rotatable bonds is 3. The van der Waals surface area contributed by atoms with Crippen LogP contribution < -0.4 is 0 Å². The third-order valence-electron chi connectivity index (χ3n) is 0.455. The normalized spacial score (nSPS) is 9.33. The van der Waals surface area contributed by atoms with Crippen LogP contribution in [0.5, 0.6) is 0 Å². The fourth-order valence-corrected chi connectivity index (χ4v) is 1.34. The first kappa shape index (κ1) is 10.2. The molecular weight excluding hydrogens is 222 g/mol. The Balaban J connectivity index is 3.50. The summed E-state index contributed by atoms with van der Waals surface area (Å²) < 4.78 is 0.505. The molecule has 0 N–H and O–H groups in total. The highest BCUT2D eigenvalue weighted by Gasteiger charge is 1.97. The van der Waals surface area contributed by atoms with Gasteiger partial charge >= 0.3 is 0 Å². The van der Waals surface area contributed by atoms with Crippen LogP contribution in [0.3, 0.4) is 0 Å². The average molecular weight is 226 g/mol. The van der Waals surface area contributed by atoms with E-state index < -0.39 is 0 Å². The van der Waals surface area contributed by atoms with Gasteiger partial charge < -0.3 is 0 Å². The van der Waals surface area contributed by atoms with Crippen molar-refractivity contribution < 1.29 is 0 Å². The zero-order valence-electron chi connectivity index (χ0n) is 4.33. The highest BCUT2D eigenvalue weighted by molar-refractivity contribution is 8.04. The third-order valence-corrected chi connectivity index (χ3v) is 3.05. The monoisotopic (exact) mass is 224 g/mol. The predicted molar refractivity (Wildman–Crippen MR) is 47.8 cm³/mol. The molecule has 0 aromatic rings. The molecule has 0 aliphatic rings. The molecular formula is C4H4Cl4S. The van der Waals surface area contributed by atoms with Crippen molar-refractivity contribution in [2.45, 2.75) is 0 Å². The van der Waals surface area contributed by atoms with Crippen LogP contribution in [0.4, 0.5) is 0 Å². The van der Waals surface area contributed by atoms with E-state index in [1.54, 1.807) is 0 Å². The molecule has 5 heteroatoms. The number of thioether (sulfide) groups is 1. The number of hydrogen-bond acceptors (Lipinski definition) is 1. The second-order valence-corrected chi connectivity index (χ2v) is 4.11. The summed E-state index contributed by atoms with van der Waals surface area (Å²) in [5.74, 6) is 1.27. The van der Waals surface area contributed by atoms with E-state index in [2.05, 4.69) is 0 Å². The fraction of sp³-hybridized carbons (Fsp3) is 0.500. The summed E-state index contributed by atoms with van der Waals surface area (Å²) in [5.41, 5.74) is 0. The van der Waals surface area contributed by atoms with Crippen LogP contribution in [0.25, 0.3) is 0 Å². The maximum Gasteiger partial charge on any atom is 0.131 e. The van der Waals surface area contributed by atoms with Gasteiger partial charge in [0.25, 0.3) is 0 Å². The molecule has 0 unspecified atom stereocenters.